The molecular formula is C11H7N5O2. The number of benzene rings is 1. The zero-order valence-corrected chi connectivity index (χ0v) is 9.20. The Bertz CT molecular complexity index is 575. The number of nitro benzene ring substituents is 1. The van der Waals surface area contributed by atoms with Crippen molar-refractivity contribution in [1.29, 1.82) is 15.8 Å². The SMILES string of the molecule is N#CCN(CC#N)c1ccc([N+](=O)[O-])cc1C#N. The Morgan fingerprint density at radius 3 is 2.28 bits per heavy atom. The van der Waals surface area contributed by atoms with Crippen LogP contribution in [0.4, 0.5) is 11.4 Å². The fourth-order valence-electron chi connectivity index (χ4n) is 1.40. The molecule has 0 saturated carbocycles. The van der Waals surface area contributed by atoms with Crippen LogP contribution in [0.5, 0.6) is 0 Å². The van der Waals surface area contributed by atoms with E-state index in [1.165, 1.54) is 17.0 Å². The van der Waals surface area contributed by atoms with Gasteiger partial charge in [-0.25, -0.2) is 0 Å². The van der Waals surface area contributed by atoms with E-state index in [-0.39, 0.29) is 24.3 Å². The molecule has 18 heavy (non-hydrogen) atoms. The molecule has 7 nitrogen and oxygen atoms in total. The molecule has 0 N–H and O–H groups in total. The van der Waals surface area contributed by atoms with Gasteiger partial charge in [0, 0.05) is 12.1 Å². The molecule has 0 fully saturated rings. The lowest BCUT2D eigenvalue weighted by Gasteiger charge is -2.18. The van der Waals surface area contributed by atoms with Gasteiger partial charge in [-0.05, 0) is 6.07 Å². The molecule has 0 unspecified atom stereocenters. The first-order valence-corrected chi connectivity index (χ1v) is 4.81. The molecule has 0 bridgehead atoms. The number of non-ortho nitro benzene ring substituents is 1. The maximum atomic E-state index is 10.6. The summed E-state index contributed by atoms with van der Waals surface area (Å²) in [5, 5.41) is 36.8. The van der Waals surface area contributed by atoms with E-state index < -0.39 is 4.92 Å². The van der Waals surface area contributed by atoms with Crippen molar-refractivity contribution in [2.75, 3.05) is 18.0 Å². The van der Waals surface area contributed by atoms with Crippen molar-refractivity contribution in [3.8, 4) is 18.2 Å². The molecule has 88 valence electrons. The molecule has 1 aromatic rings. The first-order valence-electron chi connectivity index (χ1n) is 4.81. The van der Waals surface area contributed by atoms with Crippen molar-refractivity contribution in [1.82, 2.24) is 0 Å². The number of nitro groups is 1. The molecule has 0 saturated heterocycles. The van der Waals surface area contributed by atoms with Gasteiger partial charge < -0.3 is 4.90 Å². The van der Waals surface area contributed by atoms with Gasteiger partial charge in [-0.15, -0.1) is 0 Å². The van der Waals surface area contributed by atoms with Crippen LogP contribution in [0.2, 0.25) is 0 Å². The standard InChI is InChI=1S/C11H7N5O2/c12-3-5-15(6-4-13)11-2-1-10(16(17)18)7-9(11)8-14/h1-2,7H,5-6H2. The zero-order chi connectivity index (χ0) is 13.5. The summed E-state index contributed by atoms with van der Waals surface area (Å²) in [6, 6.07) is 9.29. The van der Waals surface area contributed by atoms with Gasteiger partial charge in [-0.2, -0.15) is 15.8 Å². The summed E-state index contributed by atoms with van der Waals surface area (Å²) in [6.07, 6.45) is 0. The predicted molar refractivity (Wildman–Crippen MR) is 61.3 cm³/mol. The van der Waals surface area contributed by atoms with Gasteiger partial charge in [0.15, 0.2) is 0 Å². The summed E-state index contributed by atoms with van der Waals surface area (Å²) in [6.45, 7) is -0.139. The highest BCUT2D eigenvalue weighted by Gasteiger charge is 2.15. The van der Waals surface area contributed by atoms with Crippen molar-refractivity contribution in [2.24, 2.45) is 0 Å². The van der Waals surface area contributed by atoms with Crippen LogP contribution in [0.3, 0.4) is 0 Å². The highest BCUT2D eigenvalue weighted by atomic mass is 16.6. The molecular weight excluding hydrogens is 234 g/mol. The van der Waals surface area contributed by atoms with Crippen LogP contribution in [-0.4, -0.2) is 18.0 Å². The van der Waals surface area contributed by atoms with Crippen molar-refractivity contribution >= 4 is 11.4 Å². The fraction of sp³-hybridized carbons (Fsp3) is 0.182. The van der Waals surface area contributed by atoms with E-state index in [1.54, 1.807) is 0 Å². The Morgan fingerprint density at radius 2 is 1.83 bits per heavy atom. The van der Waals surface area contributed by atoms with Crippen LogP contribution in [0.1, 0.15) is 5.56 Å². The minimum absolute atomic E-state index is 0.0645. The fourth-order valence-corrected chi connectivity index (χ4v) is 1.40. The number of rotatable bonds is 4. The summed E-state index contributed by atoms with van der Waals surface area (Å²) >= 11 is 0. The third kappa shape index (κ3) is 2.72. The minimum Gasteiger partial charge on any atom is -0.344 e. The van der Waals surface area contributed by atoms with Gasteiger partial charge in [-0.1, -0.05) is 0 Å². The normalized spacial score (nSPS) is 8.72. The van der Waals surface area contributed by atoms with Gasteiger partial charge in [0.1, 0.15) is 19.2 Å². The zero-order valence-electron chi connectivity index (χ0n) is 9.20. The molecule has 7 heteroatoms. The lowest BCUT2D eigenvalue weighted by Crippen LogP contribution is -2.24. The number of anilines is 1. The van der Waals surface area contributed by atoms with Crippen molar-refractivity contribution in [2.45, 2.75) is 0 Å². The Labute approximate surface area is 103 Å². The molecule has 0 atom stereocenters. The molecule has 1 aromatic carbocycles. The van der Waals surface area contributed by atoms with Gasteiger partial charge in [0.25, 0.3) is 5.69 Å². The van der Waals surface area contributed by atoms with Crippen LogP contribution in [0.25, 0.3) is 0 Å². The average molecular weight is 241 g/mol. The second-order valence-corrected chi connectivity index (χ2v) is 3.24. The van der Waals surface area contributed by atoms with E-state index in [1.807, 2.05) is 18.2 Å². The van der Waals surface area contributed by atoms with Crippen LogP contribution in [-0.2, 0) is 0 Å². The molecule has 0 radical (unpaired) electrons. The number of nitrogens with zero attached hydrogens (tertiary/aromatic N) is 5. The van der Waals surface area contributed by atoms with Gasteiger partial charge in [0.05, 0.1) is 28.3 Å². The Morgan fingerprint density at radius 1 is 1.22 bits per heavy atom. The van der Waals surface area contributed by atoms with E-state index in [2.05, 4.69) is 0 Å². The highest BCUT2D eigenvalue weighted by Crippen LogP contribution is 2.24. The maximum absolute atomic E-state index is 10.6. The molecule has 0 aliphatic heterocycles. The summed E-state index contributed by atoms with van der Waals surface area (Å²) in [4.78, 5) is 11.3. The van der Waals surface area contributed by atoms with Crippen molar-refractivity contribution in [3.05, 3.63) is 33.9 Å². The molecule has 0 aliphatic carbocycles. The van der Waals surface area contributed by atoms with Crippen LogP contribution in [0.15, 0.2) is 18.2 Å². The van der Waals surface area contributed by atoms with Crippen LogP contribution >= 0.6 is 0 Å². The van der Waals surface area contributed by atoms with Crippen LogP contribution < -0.4 is 4.90 Å². The highest BCUT2D eigenvalue weighted by molar-refractivity contribution is 5.63. The third-order valence-electron chi connectivity index (χ3n) is 2.18. The van der Waals surface area contributed by atoms with E-state index in [0.717, 1.165) is 6.07 Å². The maximum Gasteiger partial charge on any atom is 0.270 e. The summed E-state index contributed by atoms with van der Waals surface area (Å²) in [5.74, 6) is 0. The molecule has 0 amide bonds. The average Bonchev–Trinajstić information content (AvgIpc) is 2.37. The molecule has 0 spiro atoms. The molecule has 1 rings (SSSR count). The van der Waals surface area contributed by atoms with E-state index in [0.29, 0.717) is 5.69 Å². The van der Waals surface area contributed by atoms with Crippen LogP contribution in [0, 0.1) is 44.1 Å². The lowest BCUT2D eigenvalue weighted by atomic mass is 10.1. The quantitative estimate of drug-likeness (QED) is 0.445. The monoisotopic (exact) mass is 241 g/mol. The topological polar surface area (TPSA) is 118 Å². The molecule has 0 aliphatic rings. The van der Waals surface area contributed by atoms with Gasteiger partial charge in [-0.3, -0.25) is 10.1 Å². The molecule has 0 heterocycles. The minimum atomic E-state index is -0.608. The third-order valence-corrected chi connectivity index (χ3v) is 2.18. The number of nitriles is 3. The summed E-state index contributed by atoms with van der Waals surface area (Å²) in [5.41, 5.74) is 0.199. The lowest BCUT2D eigenvalue weighted by molar-refractivity contribution is -0.384. The smallest absolute Gasteiger partial charge is 0.270 e. The van der Waals surface area contributed by atoms with E-state index in [4.69, 9.17) is 15.8 Å². The Kier molecular flexibility index (Phi) is 4.20. The Hall–Kier alpha value is -3.11. The first-order chi connectivity index (χ1) is 8.63. The second kappa shape index (κ2) is 5.83. The first kappa shape index (κ1) is 13.0. The largest absolute Gasteiger partial charge is 0.344 e. The summed E-state index contributed by atoms with van der Waals surface area (Å²) < 4.78 is 0. The van der Waals surface area contributed by atoms with Crippen molar-refractivity contribution in [3.63, 3.8) is 0 Å². The van der Waals surface area contributed by atoms with Gasteiger partial charge >= 0.3 is 0 Å². The Balaban J connectivity index is 3.24. The predicted octanol–water partition coefficient (Wildman–Crippen LogP) is 1.32. The van der Waals surface area contributed by atoms with E-state index in [9.17, 15) is 10.1 Å². The number of hydrogen-bond acceptors (Lipinski definition) is 6. The van der Waals surface area contributed by atoms with E-state index >= 15 is 0 Å². The van der Waals surface area contributed by atoms with Crippen molar-refractivity contribution < 1.29 is 4.92 Å². The van der Waals surface area contributed by atoms with Gasteiger partial charge in [0.2, 0.25) is 0 Å². The number of hydrogen-bond donors (Lipinski definition) is 0. The summed E-state index contributed by atoms with van der Waals surface area (Å²) in [7, 11) is 0. The molecule has 0 aromatic heterocycles. The second-order valence-electron chi connectivity index (χ2n) is 3.24.